The summed E-state index contributed by atoms with van der Waals surface area (Å²) in [5.41, 5.74) is 0.00885. The number of nitrogens with zero attached hydrogens (tertiary/aromatic N) is 2. The van der Waals surface area contributed by atoms with Crippen LogP contribution in [0.4, 0.5) is 0 Å². The molecule has 112 valence electrons. The molecule has 22 heavy (non-hydrogen) atoms. The van der Waals surface area contributed by atoms with Crippen LogP contribution >= 0.6 is 23.4 Å². The molecule has 2 rings (SSSR count). The molecule has 0 aliphatic rings. The van der Waals surface area contributed by atoms with E-state index in [1.165, 1.54) is 26.4 Å². The summed E-state index contributed by atoms with van der Waals surface area (Å²) in [6.07, 6.45) is 0. The Balaban J connectivity index is 0.00000242. The van der Waals surface area contributed by atoms with E-state index in [2.05, 4.69) is 9.97 Å². The van der Waals surface area contributed by atoms with Crippen LogP contribution in [0.1, 0.15) is 11.8 Å². The van der Waals surface area contributed by atoms with E-state index in [1.807, 2.05) is 0 Å². The average Bonchev–Trinajstić information content (AvgIpc) is 2.46. The van der Waals surface area contributed by atoms with Gasteiger partial charge in [-0.3, -0.25) is 0 Å². The molecular formula is C13H12ClN2NaO4S. The largest absolute Gasteiger partial charge is 1.00 e. The topological polar surface area (TPSA) is 81.5 Å². The number of carboxylic acids is 1. The molecule has 0 bridgehead atoms. The van der Waals surface area contributed by atoms with Crippen molar-refractivity contribution in [3.05, 3.63) is 34.9 Å². The van der Waals surface area contributed by atoms with Gasteiger partial charge < -0.3 is 16.0 Å². The molecule has 0 saturated carbocycles. The van der Waals surface area contributed by atoms with Crippen LogP contribution in [0, 0.1) is 0 Å². The molecule has 2 aromatic rings. The van der Waals surface area contributed by atoms with Gasteiger partial charge in [0.05, 0.1) is 30.9 Å². The van der Waals surface area contributed by atoms with Gasteiger partial charge in [0, 0.05) is 4.90 Å². The molecule has 0 fully saturated rings. The molecule has 9 heteroatoms. The van der Waals surface area contributed by atoms with Crippen LogP contribution < -0.4 is 39.0 Å². The maximum atomic E-state index is 11.3. The predicted octanol–water partition coefficient (Wildman–Crippen LogP) is 0.113. The fourth-order valence-corrected chi connectivity index (χ4v) is 2.76. The van der Waals surface area contributed by atoms with Crippen molar-refractivity contribution in [2.45, 2.75) is 10.1 Å². The molecule has 0 saturated heterocycles. The number of carbonyl (C=O) groups is 1. The summed E-state index contributed by atoms with van der Waals surface area (Å²) in [6, 6.07) is 6.34. The molecule has 1 N–H and O–H groups in total. The van der Waals surface area contributed by atoms with Crippen LogP contribution in [-0.2, 0) is 0 Å². The Morgan fingerprint density at radius 3 is 2.36 bits per heavy atom. The number of aromatic carboxylic acids is 1. The zero-order chi connectivity index (χ0) is 15.4. The minimum atomic E-state index is -1.11. The SMILES string of the molecule is COc1cc(OC)nc(Sc2cccc(Cl)c2C(=O)O)n1.[H-].[Na+]. The number of halogens is 1. The number of hydrogen-bond acceptors (Lipinski definition) is 6. The van der Waals surface area contributed by atoms with Crippen molar-refractivity contribution >= 4 is 29.3 Å². The minimum Gasteiger partial charge on any atom is -1.00 e. The van der Waals surface area contributed by atoms with Crippen molar-refractivity contribution in [3.8, 4) is 11.8 Å². The van der Waals surface area contributed by atoms with Crippen LogP contribution in [0.25, 0.3) is 0 Å². The van der Waals surface area contributed by atoms with Crippen molar-refractivity contribution in [1.82, 2.24) is 9.97 Å². The molecule has 1 heterocycles. The number of carboxylic acid groups (broad SMARTS) is 1. The van der Waals surface area contributed by atoms with Gasteiger partial charge in [0.1, 0.15) is 0 Å². The first-order valence-electron chi connectivity index (χ1n) is 5.72. The fourth-order valence-electron chi connectivity index (χ4n) is 1.53. The molecule has 0 aliphatic heterocycles. The number of ether oxygens (including phenoxy) is 2. The first-order valence-corrected chi connectivity index (χ1v) is 6.91. The van der Waals surface area contributed by atoms with Crippen molar-refractivity contribution in [1.29, 1.82) is 0 Å². The zero-order valence-corrected chi connectivity index (χ0v) is 15.7. The maximum Gasteiger partial charge on any atom is 1.00 e. The van der Waals surface area contributed by atoms with E-state index in [9.17, 15) is 9.90 Å². The van der Waals surface area contributed by atoms with Crippen LogP contribution in [0.15, 0.2) is 34.3 Å². The Kier molecular flexibility index (Phi) is 7.44. The van der Waals surface area contributed by atoms with E-state index in [1.54, 1.807) is 12.1 Å². The van der Waals surface area contributed by atoms with Crippen LogP contribution in [0.2, 0.25) is 5.02 Å². The third-order valence-corrected chi connectivity index (χ3v) is 3.71. The number of hydrogen-bond donors (Lipinski definition) is 1. The monoisotopic (exact) mass is 350 g/mol. The number of aromatic nitrogens is 2. The number of benzene rings is 1. The van der Waals surface area contributed by atoms with Gasteiger partial charge in [-0.15, -0.1) is 0 Å². The molecule has 0 radical (unpaired) electrons. The molecule has 6 nitrogen and oxygen atoms in total. The summed E-state index contributed by atoms with van der Waals surface area (Å²) < 4.78 is 10.1. The van der Waals surface area contributed by atoms with Crippen LogP contribution in [0.3, 0.4) is 0 Å². The molecule has 0 spiro atoms. The Morgan fingerprint density at radius 1 is 1.27 bits per heavy atom. The summed E-state index contributed by atoms with van der Waals surface area (Å²) >= 11 is 6.99. The first-order chi connectivity index (χ1) is 10.0. The Bertz CT molecular complexity index is 671. The number of methoxy groups -OCH3 is 2. The Hall–Kier alpha value is -0.990. The van der Waals surface area contributed by atoms with Gasteiger partial charge in [-0.2, -0.15) is 9.97 Å². The van der Waals surface area contributed by atoms with Crippen molar-refractivity contribution in [3.63, 3.8) is 0 Å². The van der Waals surface area contributed by atoms with Gasteiger partial charge in [0.25, 0.3) is 0 Å². The molecule has 0 atom stereocenters. The summed E-state index contributed by atoms with van der Waals surface area (Å²) in [5.74, 6) is -0.468. The van der Waals surface area contributed by atoms with E-state index in [4.69, 9.17) is 21.1 Å². The summed E-state index contributed by atoms with van der Waals surface area (Å²) in [7, 11) is 2.94. The molecule has 1 aromatic carbocycles. The average molecular weight is 351 g/mol. The third kappa shape index (κ3) is 4.50. The van der Waals surface area contributed by atoms with E-state index >= 15 is 0 Å². The van der Waals surface area contributed by atoms with Gasteiger partial charge in [0.2, 0.25) is 11.8 Å². The van der Waals surface area contributed by atoms with Gasteiger partial charge in [-0.05, 0) is 23.9 Å². The number of rotatable bonds is 5. The molecule has 1 aromatic heterocycles. The second kappa shape index (κ2) is 8.59. The summed E-state index contributed by atoms with van der Waals surface area (Å²) in [5, 5.41) is 9.69. The molecule has 0 aliphatic carbocycles. The van der Waals surface area contributed by atoms with Crippen molar-refractivity contribution in [2.75, 3.05) is 14.2 Å². The normalized spacial score (nSPS) is 9.77. The molecule has 0 amide bonds. The van der Waals surface area contributed by atoms with Crippen molar-refractivity contribution in [2.24, 2.45) is 0 Å². The second-order valence-electron chi connectivity index (χ2n) is 3.76. The van der Waals surface area contributed by atoms with Gasteiger partial charge in [-0.1, -0.05) is 17.7 Å². The van der Waals surface area contributed by atoms with E-state index in [0.29, 0.717) is 21.8 Å². The zero-order valence-electron chi connectivity index (χ0n) is 13.2. The maximum absolute atomic E-state index is 11.3. The van der Waals surface area contributed by atoms with E-state index < -0.39 is 5.97 Å². The smallest absolute Gasteiger partial charge is 1.00 e. The van der Waals surface area contributed by atoms with Gasteiger partial charge in [-0.25, -0.2) is 4.79 Å². The standard InChI is InChI=1S/C13H11ClN2O4S.Na.H/c1-19-9-6-10(20-2)16-13(15-9)21-8-5-3-4-7(14)11(8)12(17)18;;/h3-6H,1-2H3,(H,17,18);;/q;+1;-1. The Labute approximate surface area is 160 Å². The minimum absolute atomic E-state index is 0. The Morgan fingerprint density at radius 2 is 1.86 bits per heavy atom. The predicted molar refractivity (Wildman–Crippen MR) is 78.8 cm³/mol. The molecular weight excluding hydrogens is 339 g/mol. The van der Waals surface area contributed by atoms with E-state index in [-0.39, 0.29) is 41.6 Å². The quantitative estimate of drug-likeness (QED) is 0.605. The van der Waals surface area contributed by atoms with E-state index in [0.717, 1.165) is 11.8 Å². The van der Waals surface area contributed by atoms with Crippen molar-refractivity contribution < 1.29 is 50.4 Å². The third-order valence-electron chi connectivity index (χ3n) is 2.47. The van der Waals surface area contributed by atoms with Gasteiger partial charge >= 0.3 is 35.5 Å². The van der Waals surface area contributed by atoms with Crippen LogP contribution in [-0.4, -0.2) is 35.3 Å². The summed E-state index contributed by atoms with van der Waals surface area (Å²) in [4.78, 5) is 20.0. The van der Waals surface area contributed by atoms with Crippen LogP contribution in [0.5, 0.6) is 11.8 Å². The fraction of sp³-hybridized carbons (Fsp3) is 0.154. The second-order valence-corrected chi connectivity index (χ2v) is 5.17. The molecule has 0 unspecified atom stereocenters. The summed E-state index contributed by atoms with van der Waals surface area (Å²) in [6.45, 7) is 0. The van der Waals surface area contributed by atoms with Gasteiger partial charge in [0.15, 0.2) is 5.16 Å². The first kappa shape index (κ1) is 19.1.